The summed E-state index contributed by atoms with van der Waals surface area (Å²) in [5.41, 5.74) is 0.639. The Labute approximate surface area is 57.9 Å². The van der Waals surface area contributed by atoms with Gasteiger partial charge in [-0.3, -0.25) is 0 Å². The molecule has 9 heavy (non-hydrogen) atoms. The van der Waals surface area contributed by atoms with E-state index in [2.05, 4.69) is 21.3 Å². The van der Waals surface area contributed by atoms with Gasteiger partial charge in [-0.25, -0.2) is 9.97 Å². The Morgan fingerprint density at radius 3 is 3.00 bits per heavy atom. The highest BCUT2D eigenvalue weighted by atomic mass is 35.5. The molecule has 1 aromatic heterocycles. The lowest BCUT2D eigenvalue weighted by atomic mass is 10.4. The van der Waals surface area contributed by atoms with E-state index in [4.69, 9.17) is 11.6 Å². The van der Waals surface area contributed by atoms with Crippen molar-refractivity contribution in [1.29, 1.82) is 0 Å². The molecular formula is C6H3ClN2. The largest absolute Gasteiger partial charge is 0.245 e. The molecule has 0 atom stereocenters. The summed E-state index contributed by atoms with van der Waals surface area (Å²) in [5, 5.41) is 2.22. The summed E-state index contributed by atoms with van der Waals surface area (Å²) in [5.74, 6) is 2.57. The van der Waals surface area contributed by atoms with Crippen molar-refractivity contribution in [1.82, 2.24) is 9.97 Å². The van der Waals surface area contributed by atoms with Gasteiger partial charge in [-0.2, -0.15) is 0 Å². The van der Waals surface area contributed by atoms with Crippen molar-refractivity contribution in [3.05, 3.63) is 24.3 Å². The Balaban J connectivity index is 2.94. The second-order valence-corrected chi connectivity index (χ2v) is 1.50. The molecule has 0 bridgehead atoms. The van der Waals surface area contributed by atoms with E-state index in [0.717, 1.165) is 0 Å². The molecule has 0 radical (unpaired) electrons. The molecule has 0 aliphatic heterocycles. The van der Waals surface area contributed by atoms with E-state index in [9.17, 15) is 0 Å². The molecule has 0 unspecified atom stereocenters. The number of hydrogen-bond acceptors (Lipinski definition) is 2. The van der Waals surface area contributed by atoms with Crippen LogP contribution in [0.2, 0.25) is 0 Å². The van der Waals surface area contributed by atoms with Crippen molar-refractivity contribution >= 4 is 11.6 Å². The highest BCUT2D eigenvalue weighted by Crippen LogP contribution is 1.85. The van der Waals surface area contributed by atoms with Crippen molar-refractivity contribution in [3.8, 4) is 11.3 Å². The molecule has 0 amide bonds. The summed E-state index contributed by atoms with van der Waals surface area (Å²) in [6, 6.07) is 1.69. The lowest BCUT2D eigenvalue weighted by Gasteiger charge is -1.81. The van der Waals surface area contributed by atoms with Gasteiger partial charge in [0.05, 0.1) is 0 Å². The number of nitrogens with zero attached hydrogens (tertiary/aromatic N) is 2. The predicted octanol–water partition coefficient (Wildman–Crippen LogP) is 1.02. The standard InChI is InChI=1S/C6H3ClN2/c7-3-1-6-2-4-8-5-9-6/h2,4-5H. The van der Waals surface area contributed by atoms with E-state index in [-0.39, 0.29) is 0 Å². The monoisotopic (exact) mass is 138 g/mol. The fourth-order valence-electron chi connectivity index (χ4n) is 0.413. The lowest BCUT2D eigenvalue weighted by molar-refractivity contribution is 1.15. The predicted molar refractivity (Wildman–Crippen MR) is 34.8 cm³/mol. The van der Waals surface area contributed by atoms with Crippen LogP contribution in [0.3, 0.4) is 0 Å². The van der Waals surface area contributed by atoms with E-state index in [0.29, 0.717) is 5.69 Å². The number of halogens is 1. The zero-order valence-corrected chi connectivity index (χ0v) is 5.26. The van der Waals surface area contributed by atoms with Gasteiger partial charge in [-0.05, 0) is 23.6 Å². The number of aromatic nitrogens is 2. The van der Waals surface area contributed by atoms with Crippen LogP contribution in [-0.4, -0.2) is 9.97 Å². The Kier molecular flexibility index (Phi) is 2.06. The van der Waals surface area contributed by atoms with Crippen LogP contribution in [0.4, 0.5) is 0 Å². The van der Waals surface area contributed by atoms with Crippen molar-refractivity contribution in [3.63, 3.8) is 0 Å². The maximum absolute atomic E-state index is 5.11. The van der Waals surface area contributed by atoms with Gasteiger partial charge in [0.15, 0.2) is 0 Å². The third-order valence-electron chi connectivity index (χ3n) is 0.757. The minimum Gasteiger partial charge on any atom is -0.245 e. The lowest BCUT2D eigenvalue weighted by Crippen LogP contribution is -1.79. The molecule has 1 heterocycles. The molecule has 0 aromatic carbocycles. The van der Waals surface area contributed by atoms with E-state index in [1.807, 2.05) is 0 Å². The Morgan fingerprint density at radius 1 is 1.56 bits per heavy atom. The summed E-state index contributed by atoms with van der Waals surface area (Å²) >= 11 is 5.11. The second kappa shape index (κ2) is 3.06. The van der Waals surface area contributed by atoms with Gasteiger partial charge in [0, 0.05) is 11.6 Å². The van der Waals surface area contributed by atoms with Crippen LogP contribution < -0.4 is 0 Å². The van der Waals surface area contributed by atoms with Gasteiger partial charge in [-0.15, -0.1) is 0 Å². The van der Waals surface area contributed by atoms with Crippen LogP contribution in [0.15, 0.2) is 18.6 Å². The van der Waals surface area contributed by atoms with Crippen LogP contribution in [0.25, 0.3) is 0 Å². The average molecular weight is 139 g/mol. The van der Waals surface area contributed by atoms with Gasteiger partial charge in [0.2, 0.25) is 0 Å². The van der Waals surface area contributed by atoms with Crippen LogP contribution >= 0.6 is 11.6 Å². The Morgan fingerprint density at radius 2 is 2.44 bits per heavy atom. The van der Waals surface area contributed by atoms with Crippen LogP contribution in [0.5, 0.6) is 0 Å². The van der Waals surface area contributed by atoms with Gasteiger partial charge < -0.3 is 0 Å². The molecule has 0 spiro atoms. The van der Waals surface area contributed by atoms with Crippen molar-refractivity contribution in [2.24, 2.45) is 0 Å². The first-order valence-electron chi connectivity index (χ1n) is 2.31. The molecular weight excluding hydrogens is 136 g/mol. The fraction of sp³-hybridized carbons (Fsp3) is 0. The first kappa shape index (κ1) is 6.06. The molecule has 0 fully saturated rings. The van der Waals surface area contributed by atoms with Crippen LogP contribution in [0, 0.1) is 11.3 Å². The average Bonchev–Trinajstić information content (AvgIpc) is 1.91. The van der Waals surface area contributed by atoms with Crippen LogP contribution in [0.1, 0.15) is 5.69 Å². The fourth-order valence-corrected chi connectivity index (χ4v) is 0.510. The third-order valence-corrected chi connectivity index (χ3v) is 0.852. The van der Waals surface area contributed by atoms with Crippen molar-refractivity contribution in [2.75, 3.05) is 0 Å². The third kappa shape index (κ3) is 1.71. The summed E-state index contributed by atoms with van der Waals surface area (Å²) < 4.78 is 0. The smallest absolute Gasteiger partial charge is 0.117 e. The SMILES string of the molecule is ClC#Cc1ccncn1. The molecule has 44 valence electrons. The van der Waals surface area contributed by atoms with Gasteiger partial charge in [-0.1, -0.05) is 0 Å². The van der Waals surface area contributed by atoms with E-state index in [1.54, 1.807) is 12.3 Å². The minimum absolute atomic E-state index is 0.639. The minimum atomic E-state index is 0.639. The summed E-state index contributed by atoms with van der Waals surface area (Å²) in [6.07, 6.45) is 3.04. The first-order chi connectivity index (χ1) is 4.43. The molecule has 0 saturated carbocycles. The normalized spacial score (nSPS) is 7.67. The quantitative estimate of drug-likeness (QED) is 0.501. The first-order valence-corrected chi connectivity index (χ1v) is 2.69. The molecule has 1 rings (SSSR count). The van der Waals surface area contributed by atoms with Crippen LogP contribution in [-0.2, 0) is 0 Å². The van der Waals surface area contributed by atoms with Crippen molar-refractivity contribution in [2.45, 2.75) is 0 Å². The zero-order valence-electron chi connectivity index (χ0n) is 4.50. The van der Waals surface area contributed by atoms with Gasteiger partial charge >= 0.3 is 0 Å². The van der Waals surface area contributed by atoms with Crippen molar-refractivity contribution < 1.29 is 0 Å². The maximum Gasteiger partial charge on any atom is 0.117 e. The second-order valence-electron chi connectivity index (χ2n) is 1.31. The molecule has 0 aliphatic rings. The van der Waals surface area contributed by atoms with E-state index >= 15 is 0 Å². The highest BCUT2D eigenvalue weighted by Gasteiger charge is 1.80. The van der Waals surface area contributed by atoms with Gasteiger partial charge in [0.25, 0.3) is 0 Å². The Bertz CT molecular complexity index is 234. The molecule has 0 saturated heterocycles. The zero-order chi connectivity index (χ0) is 6.53. The van der Waals surface area contributed by atoms with Gasteiger partial charge in [0.1, 0.15) is 12.0 Å². The number of rotatable bonds is 0. The van der Waals surface area contributed by atoms with E-state index < -0.39 is 0 Å². The molecule has 3 heteroatoms. The Hall–Kier alpha value is -1.07. The molecule has 0 N–H and O–H groups in total. The topological polar surface area (TPSA) is 25.8 Å². The highest BCUT2D eigenvalue weighted by molar-refractivity contribution is 6.30. The summed E-state index contributed by atoms with van der Waals surface area (Å²) in [7, 11) is 0. The summed E-state index contributed by atoms with van der Waals surface area (Å²) in [6.45, 7) is 0. The molecule has 0 aliphatic carbocycles. The maximum atomic E-state index is 5.11. The molecule has 2 nitrogen and oxygen atoms in total. The molecule has 1 aromatic rings. The summed E-state index contributed by atoms with van der Waals surface area (Å²) in [4.78, 5) is 7.50. The number of hydrogen-bond donors (Lipinski definition) is 0. The van der Waals surface area contributed by atoms with E-state index in [1.165, 1.54) is 6.33 Å².